The van der Waals surface area contributed by atoms with E-state index in [0.29, 0.717) is 25.5 Å². The summed E-state index contributed by atoms with van der Waals surface area (Å²) < 4.78 is 16.3. The maximum absolute atomic E-state index is 12.3. The second-order valence-electron chi connectivity index (χ2n) is 6.22. The number of nitrogens with one attached hydrogen (secondary N) is 1. The molecule has 2 aliphatic rings. The lowest BCUT2D eigenvalue weighted by Gasteiger charge is -2.26. The summed E-state index contributed by atoms with van der Waals surface area (Å²) in [7, 11) is 3.26. The Labute approximate surface area is 155 Å². The average Bonchev–Trinajstić information content (AvgIpc) is 3.11. The monoisotopic (exact) mass is 375 g/mol. The van der Waals surface area contributed by atoms with Crippen LogP contribution < -0.4 is 19.7 Å². The second kappa shape index (κ2) is 7.13. The molecule has 1 N–H and O–H groups in total. The SMILES string of the molecule is COc1ccc([C@@H]2CC(=O)Nc3nc(N4CCOCC4)sc32)c(OC)c1. The van der Waals surface area contributed by atoms with E-state index in [0.717, 1.165) is 40.2 Å². The molecule has 1 aromatic heterocycles. The molecule has 0 radical (unpaired) electrons. The highest BCUT2D eigenvalue weighted by atomic mass is 32.1. The van der Waals surface area contributed by atoms with Crippen molar-refractivity contribution in [2.45, 2.75) is 12.3 Å². The van der Waals surface area contributed by atoms with Crippen LogP contribution in [0, 0.1) is 0 Å². The van der Waals surface area contributed by atoms with Gasteiger partial charge in [0.15, 0.2) is 5.13 Å². The van der Waals surface area contributed by atoms with E-state index in [9.17, 15) is 4.79 Å². The number of methoxy groups -OCH3 is 2. The van der Waals surface area contributed by atoms with Crippen LogP contribution in [0.2, 0.25) is 0 Å². The molecule has 0 aliphatic carbocycles. The van der Waals surface area contributed by atoms with Crippen molar-refractivity contribution in [3.05, 3.63) is 28.6 Å². The number of carbonyl (C=O) groups is 1. The number of thiazole rings is 1. The quantitative estimate of drug-likeness (QED) is 0.885. The van der Waals surface area contributed by atoms with E-state index in [1.807, 2.05) is 18.2 Å². The molecule has 1 aromatic carbocycles. The highest BCUT2D eigenvalue weighted by Crippen LogP contribution is 2.46. The van der Waals surface area contributed by atoms with Crippen molar-refractivity contribution in [2.75, 3.05) is 50.7 Å². The molecule has 1 saturated heterocycles. The molecule has 3 heterocycles. The number of hydrogen-bond acceptors (Lipinski definition) is 7. The minimum Gasteiger partial charge on any atom is -0.497 e. The number of anilines is 2. The summed E-state index contributed by atoms with van der Waals surface area (Å²) in [6.07, 6.45) is 0.375. The minimum absolute atomic E-state index is 0.0285. The molecule has 2 aromatic rings. The summed E-state index contributed by atoms with van der Waals surface area (Å²) in [5.41, 5.74) is 0.974. The fraction of sp³-hybridized carbons (Fsp3) is 0.444. The van der Waals surface area contributed by atoms with Gasteiger partial charge in [-0.2, -0.15) is 0 Å². The zero-order valence-electron chi connectivity index (χ0n) is 14.8. The summed E-state index contributed by atoms with van der Waals surface area (Å²) >= 11 is 1.63. The van der Waals surface area contributed by atoms with E-state index in [-0.39, 0.29) is 11.8 Å². The number of carbonyl (C=O) groups excluding carboxylic acids is 1. The molecule has 0 unspecified atom stereocenters. The maximum atomic E-state index is 12.3. The van der Waals surface area contributed by atoms with Crippen LogP contribution >= 0.6 is 11.3 Å². The minimum atomic E-state index is -0.0769. The number of benzene rings is 1. The van der Waals surface area contributed by atoms with Gasteiger partial charge in [0.2, 0.25) is 5.91 Å². The van der Waals surface area contributed by atoms with Gasteiger partial charge >= 0.3 is 0 Å². The van der Waals surface area contributed by atoms with Gasteiger partial charge in [0, 0.05) is 37.1 Å². The summed E-state index contributed by atoms with van der Waals surface area (Å²) in [5, 5.41) is 3.84. The Morgan fingerprint density at radius 2 is 2.08 bits per heavy atom. The Kier molecular flexibility index (Phi) is 4.69. The highest BCUT2D eigenvalue weighted by molar-refractivity contribution is 7.16. The van der Waals surface area contributed by atoms with Crippen LogP contribution in [-0.4, -0.2) is 51.4 Å². The third-order valence-corrected chi connectivity index (χ3v) is 5.93. The molecular weight excluding hydrogens is 354 g/mol. The fourth-order valence-corrected chi connectivity index (χ4v) is 4.55. The average molecular weight is 375 g/mol. The van der Waals surface area contributed by atoms with Crippen LogP contribution in [0.4, 0.5) is 10.9 Å². The second-order valence-corrected chi connectivity index (χ2v) is 7.23. The van der Waals surface area contributed by atoms with Crippen molar-refractivity contribution in [3.8, 4) is 11.5 Å². The fourth-order valence-electron chi connectivity index (χ4n) is 3.35. The lowest BCUT2D eigenvalue weighted by molar-refractivity contribution is -0.116. The summed E-state index contributed by atoms with van der Waals surface area (Å²) in [6, 6.07) is 5.72. The molecule has 4 rings (SSSR count). The Bertz CT molecular complexity index is 817. The van der Waals surface area contributed by atoms with Gasteiger partial charge < -0.3 is 24.4 Å². The lowest BCUT2D eigenvalue weighted by Crippen LogP contribution is -2.36. The summed E-state index contributed by atoms with van der Waals surface area (Å²) in [6.45, 7) is 3.03. The van der Waals surface area contributed by atoms with Crippen molar-refractivity contribution in [2.24, 2.45) is 0 Å². The van der Waals surface area contributed by atoms with Crippen LogP contribution in [0.15, 0.2) is 18.2 Å². The van der Waals surface area contributed by atoms with Crippen LogP contribution in [0.5, 0.6) is 11.5 Å². The number of morpholine rings is 1. The summed E-state index contributed by atoms with van der Waals surface area (Å²) in [4.78, 5) is 20.2. The number of ether oxygens (including phenoxy) is 3. The molecular formula is C18H21N3O4S. The molecule has 138 valence electrons. The van der Waals surface area contributed by atoms with Gasteiger partial charge in [-0.25, -0.2) is 4.98 Å². The number of fused-ring (bicyclic) bond motifs is 1. The first-order valence-corrected chi connectivity index (χ1v) is 9.36. The van der Waals surface area contributed by atoms with E-state index in [1.165, 1.54) is 0 Å². The smallest absolute Gasteiger partial charge is 0.226 e. The predicted octanol–water partition coefficient (Wildman–Crippen LogP) is 2.47. The van der Waals surface area contributed by atoms with Crippen LogP contribution in [0.3, 0.4) is 0 Å². The van der Waals surface area contributed by atoms with Crippen LogP contribution in [0.25, 0.3) is 0 Å². The number of hydrogen-bond donors (Lipinski definition) is 1. The third kappa shape index (κ3) is 3.10. The zero-order valence-corrected chi connectivity index (χ0v) is 15.6. The Hall–Kier alpha value is -2.32. The Morgan fingerprint density at radius 3 is 2.81 bits per heavy atom. The number of rotatable bonds is 4. The molecule has 26 heavy (non-hydrogen) atoms. The van der Waals surface area contributed by atoms with Gasteiger partial charge in [-0.15, -0.1) is 0 Å². The van der Waals surface area contributed by atoms with Crippen molar-refractivity contribution < 1.29 is 19.0 Å². The zero-order chi connectivity index (χ0) is 18.1. The predicted molar refractivity (Wildman–Crippen MR) is 99.8 cm³/mol. The molecule has 1 fully saturated rings. The lowest BCUT2D eigenvalue weighted by atomic mass is 9.90. The molecule has 0 bridgehead atoms. The van der Waals surface area contributed by atoms with Crippen LogP contribution in [-0.2, 0) is 9.53 Å². The normalized spacial score (nSPS) is 19.7. The van der Waals surface area contributed by atoms with Crippen molar-refractivity contribution in [3.63, 3.8) is 0 Å². The highest BCUT2D eigenvalue weighted by Gasteiger charge is 2.33. The van der Waals surface area contributed by atoms with Gasteiger partial charge in [-0.3, -0.25) is 4.79 Å². The van der Waals surface area contributed by atoms with Crippen LogP contribution in [0.1, 0.15) is 22.8 Å². The standard InChI is InChI=1S/C18H21N3O4S/c1-23-11-3-4-12(14(9-11)24-2)13-10-15(22)19-17-16(13)26-18(20-17)21-5-7-25-8-6-21/h3-4,9,13H,5-8,10H2,1-2H3,(H,19,22)/t13-/m0/s1. The van der Waals surface area contributed by atoms with E-state index in [4.69, 9.17) is 14.2 Å². The van der Waals surface area contributed by atoms with E-state index < -0.39 is 0 Å². The topological polar surface area (TPSA) is 72.9 Å². The number of nitrogens with zero attached hydrogens (tertiary/aromatic N) is 2. The van der Waals surface area contributed by atoms with Crippen molar-refractivity contribution in [1.29, 1.82) is 0 Å². The number of aromatic nitrogens is 1. The first kappa shape index (κ1) is 17.1. The van der Waals surface area contributed by atoms with Gasteiger partial charge in [0.25, 0.3) is 0 Å². The number of amides is 1. The molecule has 2 aliphatic heterocycles. The van der Waals surface area contributed by atoms with E-state index in [1.54, 1.807) is 25.6 Å². The Balaban J connectivity index is 1.73. The van der Waals surface area contributed by atoms with Gasteiger partial charge in [0.05, 0.1) is 32.3 Å². The first-order chi connectivity index (χ1) is 12.7. The van der Waals surface area contributed by atoms with E-state index in [2.05, 4.69) is 15.2 Å². The van der Waals surface area contributed by atoms with Gasteiger partial charge in [0.1, 0.15) is 17.3 Å². The molecule has 8 heteroatoms. The molecule has 7 nitrogen and oxygen atoms in total. The molecule has 0 spiro atoms. The molecule has 0 saturated carbocycles. The van der Waals surface area contributed by atoms with Crippen molar-refractivity contribution >= 4 is 28.2 Å². The molecule has 1 amide bonds. The first-order valence-electron chi connectivity index (χ1n) is 8.54. The molecule has 1 atom stereocenters. The van der Waals surface area contributed by atoms with Crippen molar-refractivity contribution in [1.82, 2.24) is 4.98 Å². The largest absolute Gasteiger partial charge is 0.497 e. The van der Waals surface area contributed by atoms with Gasteiger partial charge in [-0.1, -0.05) is 17.4 Å². The van der Waals surface area contributed by atoms with E-state index >= 15 is 0 Å². The van der Waals surface area contributed by atoms with Gasteiger partial charge in [-0.05, 0) is 6.07 Å². The third-order valence-electron chi connectivity index (χ3n) is 4.70. The summed E-state index contributed by atoms with van der Waals surface area (Å²) in [5.74, 6) is 2.00. The Morgan fingerprint density at radius 1 is 1.27 bits per heavy atom. The maximum Gasteiger partial charge on any atom is 0.226 e.